The van der Waals surface area contributed by atoms with E-state index in [0.717, 1.165) is 0 Å². The average molecular weight is 226 g/mol. The molecule has 1 aliphatic carbocycles. The number of nitrogens with one attached hydrogen (secondary N) is 1. The van der Waals surface area contributed by atoms with Crippen molar-refractivity contribution in [2.24, 2.45) is 17.6 Å². The van der Waals surface area contributed by atoms with Crippen molar-refractivity contribution in [3.8, 4) is 0 Å². The SMILES string of the molecule is CC(CNC(=O)C1C=CC(N)C1)CC(=O)O. The minimum absolute atomic E-state index is 0.0350. The topological polar surface area (TPSA) is 92.4 Å². The molecule has 5 heteroatoms. The fourth-order valence-electron chi connectivity index (χ4n) is 1.70. The van der Waals surface area contributed by atoms with E-state index >= 15 is 0 Å². The van der Waals surface area contributed by atoms with Gasteiger partial charge in [-0.15, -0.1) is 0 Å². The van der Waals surface area contributed by atoms with Gasteiger partial charge in [0, 0.05) is 19.0 Å². The Bertz CT molecular complexity index is 302. The van der Waals surface area contributed by atoms with Crippen molar-refractivity contribution in [3.63, 3.8) is 0 Å². The van der Waals surface area contributed by atoms with E-state index in [0.29, 0.717) is 13.0 Å². The monoisotopic (exact) mass is 226 g/mol. The number of carboxylic acid groups (broad SMARTS) is 1. The zero-order chi connectivity index (χ0) is 12.1. The maximum absolute atomic E-state index is 11.6. The molecule has 0 saturated heterocycles. The van der Waals surface area contributed by atoms with Gasteiger partial charge < -0.3 is 16.2 Å². The van der Waals surface area contributed by atoms with Crippen molar-refractivity contribution < 1.29 is 14.7 Å². The Labute approximate surface area is 94.7 Å². The number of nitrogens with two attached hydrogens (primary N) is 1. The molecule has 0 bridgehead atoms. The highest BCUT2D eigenvalue weighted by atomic mass is 16.4. The number of carboxylic acids is 1. The van der Waals surface area contributed by atoms with Crippen LogP contribution in [-0.4, -0.2) is 29.6 Å². The molecule has 1 amide bonds. The Morgan fingerprint density at radius 3 is 2.75 bits per heavy atom. The number of carbonyl (C=O) groups is 2. The first kappa shape index (κ1) is 12.7. The summed E-state index contributed by atoms with van der Waals surface area (Å²) in [5, 5.41) is 11.3. The number of hydrogen-bond donors (Lipinski definition) is 3. The number of hydrogen-bond acceptors (Lipinski definition) is 3. The van der Waals surface area contributed by atoms with Crippen molar-refractivity contribution in [2.75, 3.05) is 6.54 Å². The highest BCUT2D eigenvalue weighted by Crippen LogP contribution is 2.16. The van der Waals surface area contributed by atoms with Crippen LogP contribution in [0.4, 0.5) is 0 Å². The Balaban J connectivity index is 2.25. The predicted octanol–water partition coefficient (Wildman–Crippen LogP) is 0.117. The fourth-order valence-corrected chi connectivity index (χ4v) is 1.70. The summed E-state index contributed by atoms with van der Waals surface area (Å²) >= 11 is 0. The van der Waals surface area contributed by atoms with Crippen molar-refractivity contribution >= 4 is 11.9 Å². The van der Waals surface area contributed by atoms with Gasteiger partial charge in [0.1, 0.15) is 0 Å². The third kappa shape index (κ3) is 4.02. The lowest BCUT2D eigenvalue weighted by Crippen LogP contribution is -2.34. The number of carbonyl (C=O) groups excluding carboxylic acids is 1. The third-order valence-corrected chi connectivity index (χ3v) is 2.60. The van der Waals surface area contributed by atoms with Gasteiger partial charge in [-0.05, 0) is 12.3 Å². The molecule has 3 atom stereocenters. The van der Waals surface area contributed by atoms with Crippen LogP contribution in [0.1, 0.15) is 19.8 Å². The molecule has 0 aromatic heterocycles. The summed E-state index contributed by atoms with van der Waals surface area (Å²) in [6.07, 6.45) is 4.34. The van der Waals surface area contributed by atoms with Crippen LogP contribution in [0.25, 0.3) is 0 Å². The maximum atomic E-state index is 11.6. The molecule has 0 fully saturated rings. The lowest BCUT2D eigenvalue weighted by atomic mass is 10.1. The zero-order valence-corrected chi connectivity index (χ0v) is 9.35. The summed E-state index contributed by atoms with van der Waals surface area (Å²) in [7, 11) is 0. The summed E-state index contributed by atoms with van der Waals surface area (Å²) in [5.74, 6) is -1.13. The van der Waals surface area contributed by atoms with Crippen LogP contribution in [0.5, 0.6) is 0 Å². The predicted molar refractivity (Wildman–Crippen MR) is 59.6 cm³/mol. The van der Waals surface area contributed by atoms with E-state index in [4.69, 9.17) is 10.8 Å². The van der Waals surface area contributed by atoms with Gasteiger partial charge in [0.25, 0.3) is 0 Å². The van der Waals surface area contributed by atoms with E-state index in [-0.39, 0.29) is 30.2 Å². The molecule has 0 spiro atoms. The summed E-state index contributed by atoms with van der Waals surface area (Å²) in [6, 6.07) is -0.0350. The van der Waals surface area contributed by atoms with Crippen molar-refractivity contribution in [1.29, 1.82) is 0 Å². The Morgan fingerprint density at radius 2 is 2.25 bits per heavy atom. The summed E-state index contributed by atoms with van der Waals surface area (Å²) in [4.78, 5) is 22.0. The van der Waals surface area contributed by atoms with Crippen LogP contribution in [0.15, 0.2) is 12.2 Å². The fraction of sp³-hybridized carbons (Fsp3) is 0.636. The Kier molecular flexibility index (Phi) is 4.49. The zero-order valence-electron chi connectivity index (χ0n) is 9.35. The normalized spacial score (nSPS) is 25.4. The molecule has 0 heterocycles. The molecule has 1 aliphatic rings. The van der Waals surface area contributed by atoms with Crippen molar-refractivity contribution in [1.82, 2.24) is 5.32 Å². The molecule has 4 N–H and O–H groups in total. The minimum atomic E-state index is -0.843. The maximum Gasteiger partial charge on any atom is 0.303 e. The molecule has 3 unspecified atom stereocenters. The van der Waals surface area contributed by atoms with Gasteiger partial charge in [-0.3, -0.25) is 9.59 Å². The second kappa shape index (κ2) is 5.65. The lowest BCUT2D eigenvalue weighted by Gasteiger charge is -2.13. The minimum Gasteiger partial charge on any atom is -0.481 e. The molecule has 1 rings (SSSR count). The molecule has 16 heavy (non-hydrogen) atoms. The molecule has 0 aliphatic heterocycles. The summed E-state index contributed by atoms with van der Waals surface area (Å²) in [6.45, 7) is 2.19. The third-order valence-electron chi connectivity index (χ3n) is 2.60. The van der Waals surface area contributed by atoms with Gasteiger partial charge in [-0.25, -0.2) is 0 Å². The summed E-state index contributed by atoms with van der Waals surface area (Å²) < 4.78 is 0. The highest BCUT2D eigenvalue weighted by Gasteiger charge is 2.22. The van der Waals surface area contributed by atoms with E-state index in [2.05, 4.69) is 5.32 Å². The summed E-state index contributed by atoms with van der Waals surface area (Å²) in [5.41, 5.74) is 5.64. The van der Waals surface area contributed by atoms with E-state index < -0.39 is 5.97 Å². The van der Waals surface area contributed by atoms with Gasteiger partial charge in [0.05, 0.1) is 5.92 Å². The molecular weight excluding hydrogens is 208 g/mol. The van der Waals surface area contributed by atoms with Crippen LogP contribution in [0.2, 0.25) is 0 Å². The van der Waals surface area contributed by atoms with E-state index in [9.17, 15) is 9.59 Å². The van der Waals surface area contributed by atoms with Gasteiger partial charge in [0.15, 0.2) is 0 Å². The first-order valence-corrected chi connectivity index (χ1v) is 5.42. The molecule has 0 aromatic rings. The molecule has 90 valence electrons. The lowest BCUT2D eigenvalue weighted by molar-refractivity contribution is -0.138. The van der Waals surface area contributed by atoms with Gasteiger partial charge in [-0.1, -0.05) is 19.1 Å². The first-order valence-electron chi connectivity index (χ1n) is 5.42. The van der Waals surface area contributed by atoms with Crippen LogP contribution in [0, 0.1) is 11.8 Å². The van der Waals surface area contributed by atoms with Crippen LogP contribution >= 0.6 is 0 Å². The quantitative estimate of drug-likeness (QED) is 0.580. The molecule has 0 saturated carbocycles. The van der Waals surface area contributed by atoms with E-state index in [1.165, 1.54) is 0 Å². The van der Waals surface area contributed by atoms with Crippen LogP contribution < -0.4 is 11.1 Å². The van der Waals surface area contributed by atoms with Gasteiger partial charge in [-0.2, -0.15) is 0 Å². The smallest absolute Gasteiger partial charge is 0.303 e. The van der Waals surface area contributed by atoms with Crippen LogP contribution in [0.3, 0.4) is 0 Å². The van der Waals surface area contributed by atoms with Crippen molar-refractivity contribution in [2.45, 2.75) is 25.8 Å². The molecule has 5 nitrogen and oxygen atoms in total. The van der Waals surface area contributed by atoms with Gasteiger partial charge >= 0.3 is 5.97 Å². The largest absolute Gasteiger partial charge is 0.481 e. The van der Waals surface area contributed by atoms with E-state index in [1.807, 2.05) is 12.2 Å². The second-order valence-corrected chi connectivity index (χ2v) is 4.34. The second-order valence-electron chi connectivity index (χ2n) is 4.34. The highest BCUT2D eigenvalue weighted by molar-refractivity contribution is 5.81. The first-order chi connectivity index (χ1) is 7.49. The number of rotatable bonds is 5. The molecule has 0 radical (unpaired) electrons. The van der Waals surface area contributed by atoms with Crippen molar-refractivity contribution in [3.05, 3.63) is 12.2 Å². The Morgan fingerprint density at radius 1 is 1.56 bits per heavy atom. The number of amides is 1. The average Bonchev–Trinajstić information content (AvgIpc) is 2.60. The molecule has 0 aromatic carbocycles. The standard InChI is InChI=1S/C11H18N2O3/c1-7(4-10(14)15)6-13-11(16)8-2-3-9(12)5-8/h2-3,7-9H,4-6,12H2,1H3,(H,13,16)(H,14,15). The van der Waals surface area contributed by atoms with Crippen LogP contribution in [-0.2, 0) is 9.59 Å². The van der Waals surface area contributed by atoms with E-state index in [1.54, 1.807) is 6.92 Å². The molecular formula is C11H18N2O3. The number of aliphatic carboxylic acids is 1. The van der Waals surface area contributed by atoms with Gasteiger partial charge in [0.2, 0.25) is 5.91 Å². The Hall–Kier alpha value is -1.36.